The molecule has 0 amide bonds. The van der Waals surface area contributed by atoms with Gasteiger partial charge in [-0.05, 0) is 30.7 Å². The smallest absolute Gasteiger partial charge is 0.119 e. The van der Waals surface area contributed by atoms with Gasteiger partial charge < -0.3 is 19.1 Å². The molecule has 0 aliphatic carbocycles. The molecular formula is C19H28N2O3. The standard InChI is InChI=1S/C19H28N2O3/c1-20-11-6-8-17(20)14-21(12-7-13-23-2)15-18(22)16-24-19-9-4-3-5-10-19/h3-6,8-11,18,22H,7,12-16H2,1-2H3/t18-/m1/s1. The van der Waals surface area contributed by atoms with E-state index in [2.05, 4.69) is 15.5 Å². The molecule has 5 nitrogen and oxygen atoms in total. The van der Waals surface area contributed by atoms with Crippen LogP contribution >= 0.6 is 0 Å². The number of aliphatic hydroxyl groups excluding tert-OH is 1. The zero-order valence-electron chi connectivity index (χ0n) is 14.6. The van der Waals surface area contributed by atoms with Crippen molar-refractivity contribution in [2.75, 3.05) is 33.4 Å². The highest BCUT2D eigenvalue weighted by atomic mass is 16.5. The van der Waals surface area contributed by atoms with Gasteiger partial charge >= 0.3 is 0 Å². The second kappa shape index (κ2) is 10.1. The van der Waals surface area contributed by atoms with Crippen molar-refractivity contribution in [3.8, 4) is 5.75 Å². The molecule has 0 saturated heterocycles. The fraction of sp³-hybridized carbons (Fsp3) is 0.474. The minimum atomic E-state index is -0.534. The number of hydrogen-bond acceptors (Lipinski definition) is 4. The minimum Gasteiger partial charge on any atom is -0.491 e. The predicted molar refractivity (Wildman–Crippen MR) is 95.1 cm³/mol. The van der Waals surface area contributed by atoms with Crippen LogP contribution in [0, 0.1) is 0 Å². The third-order valence-electron chi connectivity index (χ3n) is 3.91. The molecule has 132 valence electrons. The number of ether oxygens (including phenoxy) is 2. The van der Waals surface area contributed by atoms with Crippen LogP contribution in [0.15, 0.2) is 48.7 Å². The monoisotopic (exact) mass is 332 g/mol. The number of methoxy groups -OCH3 is 1. The summed E-state index contributed by atoms with van der Waals surface area (Å²) >= 11 is 0. The summed E-state index contributed by atoms with van der Waals surface area (Å²) in [6.45, 7) is 3.26. The molecule has 1 aromatic carbocycles. The van der Waals surface area contributed by atoms with Gasteiger partial charge in [-0.3, -0.25) is 4.90 Å². The van der Waals surface area contributed by atoms with Crippen molar-refractivity contribution >= 4 is 0 Å². The minimum absolute atomic E-state index is 0.290. The molecule has 0 aliphatic heterocycles. The van der Waals surface area contributed by atoms with Gasteiger partial charge in [0.2, 0.25) is 0 Å². The Kier molecular flexibility index (Phi) is 7.82. The first kappa shape index (κ1) is 18.5. The van der Waals surface area contributed by atoms with Crippen molar-refractivity contribution in [3.05, 3.63) is 54.4 Å². The predicted octanol–water partition coefficient (Wildman–Crippen LogP) is 2.30. The van der Waals surface area contributed by atoms with Gasteiger partial charge in [0.15, 0.2) is 0 Å². The summed E-state index contributed by atoms with van der Waals surface area (Å²) < 4.78 is 12.9. The van der Waals surface area contributed by atoms with Crippen molar-refractivity contribution in [1.82, 2.24) is 9.47 Å². The Morgan fingerprint density at radius 2 is 1.96 bits per heavy atom. The lowest BCUT2D eigenvalue weighted by atomic mass is 10.2. The van der Waals surface area contributed by atoms with E-state index in [4.69, 9.17) is 9.47 Å². The number of nitrogens with zero attached hydrogens (tertiary/aromatic N) is 2. The van der Waals surface area contributed by atoms with E-state index in [1.54, 1.807) is 7.11 Å². The van der Waals surface area contributed by atoms with E-state index in [-0.39, 0.29) is 6.61 Å². The molecule has 24 heavy (non-hydrogen) atoms. The maximum Gasteiger partial charge on any atom is 0.119 e. The molecule has 2 aromatic rings. The second-order valence-corrected chi connectivity index (χ2v) is 5.97. The third-order valence-corrected chi connectivity index (χ3v) is 3.91. The first-order valence-electron chi connectivity index (χ1n) is 8.36. The highest BCUT2D eigenvalue weighted by Crippen LogP contribution is 2.10. The van der Waals surface area contributed by atoms with Crippen molar-refractivity contribution in [2.24, 2.45) is 7.05 Å². The summed E-state index contributed by atoms with van der Waals surface area (Å²) in [5.41, 5.74) is 1.23. The number of aryl methyl sites for hydroxylation is 1. The quantitative estimate of drug-likeness (QED) is 0.642. The van der Waals surface area contributed by atoms with Gasteiger partial charge in [0.25, 0.3) is 0 Å². The fourth-order valence-electron chi connectivity index (χ4n) is 2.62. The van der Waals surface area contributed by atoms with E-state index in [0.717, 1.165) is 31.9 Å². The second-order valence-electron chi connectivity index (χ2n) is 5.97. The number of aliphatic hydroxyl groups is 1. The Morgan fingerprint density at radius 1 is 1.17 bits per heavy atom. The molecule has 1 heterocycles. The molecule has 1 atom stereocenters. The highest BCUT2D eigenvalue weighted by molar-refractivity contribution is 5.20. The summed E-state index contributed by atoms with van der Waals surface area (Å²) in [6, 6.07) is 13.7. The zero-order chi connectivity index (χ0) is 17.2. The third kappa shape index (κ3) is 6.35. The maximum atomic E-state index is 10.3. The van der Waals surface area contributed by atoms with E-state index in [9.17, 15) is 5.11 Å². The van der Waals surface area contributed by atoms with Crippen LogP contribution < -0.4 is 4.74 Å². The normalized spacial score (nSPS) is 12.5. The first-order valence-corrected chi connectivity index (χ1v) is 8.36. The molecular weight excluding hydrogens is 304 g/mol. The van der Waals surface area contributed by atoms with Gasteiger partial charge in [0, 0.05) is 52.3 Å². The van der Waals surface area contributed by atoms with Gasteiger partial charge in [-0.15, -0.1) is 0 Å². The maximum absolute atomic E-state index is 10.3. The Morgan fingerprint density at radius 3 is 2.62 bits per heavy atom. The van der Waals surface area contributed by atoms with Crippen LogP contribution in [0.3, 0.4) is 0 Å². The van der Waals surface area contributed by atoms with Crippen LogP contribution in [0.1, 0.15) is 12.1 Å². The molecule has 0 radical (unpaired) electrons. The van der Waals surface area contributed by atoms with Crippen LogP contribution in [0.25, 0.3) is 0 Å². The van der Waals surface area contributed by atoms with Crippen LogP contribution in [0.5, 0.6) is 5.75 Å². The van der Waals surface area contributed by atoms with E-state index in [1.807, 2.05) is 49.6 Å². The van der Waals surface area contributed by atoms with Crippen molar-refractivity contribution in [3.63, 3.8) is 0 Å². The molecule has 0 unspecified atom stereocenters. The molecule has 5 heteroatoms. The van der Waals surface area contributed by atoms with Crippen molar-refractivity contribution in [2.45, 2.75) is 19.1 Å². The zero-order valence-corrected chi connectivity index (χ0v) is 14.6. The van der Waals surface area contributed by atoms with E-state index < -0.39 is 6.10 Å². The van der Waals surface area contributed by atoms with Gasteiger partial charge in [0.05, 0.1) is 0 Å². The number of aromatic nitrogens is 1. The molecule has 2 rings (SSSR count). The van der Waals surface area contributed by atoms with E-state index in [0.29, 0.717) is 6.54 Å². The fourth-order valence-corrected chi connectivity index (χ4v) is 2.62. The number of hydrogen-bond donors (Lipinski definition) is 1. The topological polar surface area (TPSA) is 46.9 Å². The van der Waals surface area contributed by atoms with Crippen molar-refractivity contribution < 1.29 is 14.6 Å². The lowest BCUT2D eigenvalue weighted by Gasteiger charge is -2.25. The largest absolute Gasteiger partial charge is 0.491 e. The Balaban J connectivity index is 1.84. The molecule has 1 aromatic heterocycles. The summed E-state index contributed by atoms with van der Waals surface area (Å²) in [7, 11) is 3.75. The molecule has 1 N–H and O–H groups in total. The summed E-state index contributed by atoms with van der Waals surface area (Å²) in [4.78, 5) is 2.24. The molecule has 0 saturated carbocycles. The lowest BCUT2D eigenvalue weighted by Crippen LogP contribution is -2.36. The van der Waals surface area contributed by atoms with Crippen LogP contribution in [-0.2, 0) is 18.3 Å². The molecule has 0 spiro atoms. The van der Waals surface area contributed by atoms with Crippen LogP contribution in [0.2, 0.25) is 0 Å². The number of benzene rings is 1. The van der Waals surface area contributed by atoms with Gasteiger partial charge in [-0.1, -0.05) is 18.2 Å². The Hall–Kier alpha value is -1.82. The van der Waals surface area contributed by atoms with E-state index >= 15 is 0 Å². The van der Waals surface area contributed by atoms with Crippen LogP contribution in [-0.4, -0.2) is 54.1 Å². The van der Waals surface area contributed by atoms with Gasteiger partial charge in [0.1, 0.15) is 18.5 Å². The summed E-state index contributed by atoms with van der Waals surface area (Å²) in [5, 5.41) is 10.3. The average Bonchev–Trinajstić information content (AvgIpc) is 2.99. The highest BCUT2D eigenvalue weighted by Gasteiger charge is 2.14. The summed E-state index contributed by atoms with van der Waals surface area (Å²) in [5.74, 6) is 0.782. The SMILES string of the molecule is COCCCN(Cc1cccn1C)C[C@@H](O)COc1ccccc1. The van der Waals surface area contributed by atoms with Crippen LogP contribution in [0.4, 0.5) is 0 Å². The number of para-hydroxylation sites is 1. The van der Waals surface area contributed by atoms with Crippen molar-refractivity contribution in [1.29, 1.82) is 0 Å². The Labute approximate surface area is 144 Å². The van der Waals surface area contributed by atoms with Gasteiger partial charge in [-0.2, -0.15) is 0 Å². The summed E-state index contributed by atoms with van der Waals surface area (Å²) in [6.07, 6.45) is 2.44. The average molecular weight is 332 g/mol. The van der Waals surface area contributed by atoms with E-state index in [1.165, 1.54) is 5.69 Å². The molecule has 0 fully saturated rings. The Bertz CT molecular complexity index is 571. The molecule has 0 aliphatic rings. The number of rotatable bonds is 11. The van der Waals surface area contributed by atoms with Gasteiger partial charge in [-0.25, -0.2) is 0 Å². The molecule has 0 bridgehead atoms. The first-order chi connectivity index (χ1) is 11.7. The lowest BCUT2D eigenvalue weighted by molar-refractivity contribution is 0.0610.